The third kappa shape index (κ3) is 3.76. The van der Waals surface area contributed by atoms with Gasteiger partial charge in [-0.2, -0.15) is 0 Å². The maximum absolute atomic E-state index is 12.3. The minimum atomic E-state index is -3.71. The Bertz CT molecular complexity index is 772. The van der Waals surface area contributed by atoms with Crippen LogP contribution in [0.4, 0.5) is 0 Å². The van der Waals surface area contributed by atoms with Crippen molar-refractivity contribution in [3.05, 3.63) is 43.8 Å². The Kier molecular flexibility index (Phi) is 4.95. The van der Waals surface area contributed by atoms with Crippen molar-refractivity contribution in [2.24, 2.45) is 0 Å². The van der Waals surface area contributed by atoms with E-state index < -0.39 is 10.0 Å². The van der Waals surface area contributed by atoms with E-state index in [9.17, 15) is 8.42 Å². The first-order chi connectivity index (χ1) is 9.70. The smallest absolute Gasteiger partial charge is 0.242 e. The summed E-state index contributed by atoms with van der Waals surface area (Å²) in [5.41, 5.74) is 0.967. The highest BCUT2D eigenvalue weighted by Crippen LogP contribution is 2.28. The van der Waals surface area contributed by atoms with Crippen LogP contribution >= 0.6 is 34.5 Å². The summed E-state index contributed by atoms with van der Waals surface area (Å²) in [5, 5.41) is 0.183. The van der Waals surface area contributed by atoms with E-state index >= 15 is 0 Å². The van der Waals surface area contributed by atoms with Crippen molar-refractivity contribution in [1.29, 1.82) is 0 Å². The summed E-state index contributed by atoms with van der Waals surface area (Å²) in [6, 6.07) is 2.94. The Hall–Kier alpha value is -0.660. The van der Waals surface area contributed by atoms with E-state index in [2.05, 4.69) is 9.71 Å². The summed E-state index contributed by atoms with van der Waals surface area (Å²) < 4.78 is 27.3. The molecule has 2 aromatic heterocycles. The predicted molar refractivity (Wildman–Crippen MR) is 86.8 cm³/mol. The second kappa shape index (κ2) is 6.22. The molecule has 0 aliphatic heterocycles. The lowest BCUT2D eigenvalue weighted by molar-refractivity contribution is 0.566. The normalized spacial score (nSPS) is 13.4. The van der Waals surface area contributed by atoms with Crippen molar-refractivity contribution < 1.29 is 8.42 Å². The molecule has 0 aliphatic rings. The van der Waals surface area contributed by atoms with Gasteiger partial charge < -0.3 is 0 Å². The molecule has 1 unspecified atom stereocenters. The van der Waals surface area contributed by atoms with E-state index in [-0.39, 0.29) is 21.1 Å². The van der Waals surface area contributed by atoms with Gasteiger partial charge in [0, 0.05) is 22.0 Å². The van der Waals surface area contributed by atoms with Crippen LogP contribution in [0.3, 0.4) is 0 Å². The molecule has 0 aromatic carbocycles. The van der Waals surface area contributed by atoms with E-state index in [1.165, 1.54) is 12.3 Å². The lowest BCUT2D eigenvalue weighted by Crippen LogP contribution is -2.27. The van der Waals surface area contributed by atoms with Gasteiger partial charge in [-0.25, -0.2) is 18.1 Å². The molecule has 0 spiro atoms. The predicted octanol–water partition coefficient (Wildman–Crippen LogP) is 4.11. The fourth-order valence-corrected chi connectivity index (χ4v) is 4.55. The molecule has 0 fully saturated rings. The quantitative estimate of drug-likeness (QED) is 0.830. The molecule has 0 radical (unpaired) electrons. The van der Waals surface area contributed by atoms with E-state index in [4.69, 9.17) is 23.2 Å². The number of aryl methyl sites for hydroxylation is 2. The standard InChI is InChI=1S/C13H14Cl2N2O2S2/c1-7-4-11(9(3)20-7)8(2)17-21(18,19)10-5-12(14)13(15)16-6-10/h4-6,8,17H,1-3H3. The van der Waals surface area contributed by atoms with Crippen molar-refractivity contribution in [2.75, 3.05) is 0 Å². The lowest BCUT2D eigenvalue weighted by Gasteiger charge is -2.14. The average molecular weight is 365 g/mol. The molecule has 0 amide bonds. The highest BCUT2D eigenvalue weighted by Gasteiger charge is 2.21. The number of nitrogens with one attached hydrogen (secondary N) is 1. The number of rotatable bonds is 4. The average Bonchev–Trinajstić information content (AvgIpc) is 2.71. The van der Waals surface area contributed by atoms with Crippen molar-refractivity contribution in [3.63, 3.8) is 0 Å². The van der Waals surface area contributed by atoms with Crippen LogP contribution in [0.5, 0.6) is 0 Å². The number of pyridine rings is 1. The van der Waals surface area contributed by atoms with Crippen LogP contribution in [0, 0.1) is 13.8 Å². The number of sulfonamides is 1. The molecule has 2 heterocycles. The van der Waals surface area contributed by atoms with Gasteiger partial charge in [0.2, 0.25) is 10.0 Å². The van der Waals surface area contributed by atoms with Crippen molar-refractivity contribution >= 4 is 44.6 Å². The molecule has 2 rings (SSSR count). The van der Waals surface area contributed by atoms with E-state index in [1.807, 2.05) is 19.9 Å². The summed E-state index contributed by atoms with van der Waals surface area (Å²) in [7, 11) is -3.71. The van der Waals surface area contributed by atoms with Gasteiger partial charge in [0.1, 0.15) is 10.0 Å². The number of aromatic nitrogens is 1. The zero-order chi connectivity index (χ0) is 15.8. The number of thiophene rings is 1. The topological polar surface area (TPSA) is 59.1 Å². The highest BCUT2D eigenvalue weighted by atomic mass is 35.5. The maximum Gasteiger partial charge on any atom is 0.242 e. The van der Waals surface area contributed by atoms with Crippen LogP contribution in [-0.4, -0.2) is 13.4 Å². The van der Waals surface area contributed by atoms with Crippen molar-refractivity contribution in [3.8, 4) is 0 Å². The Labute approximate surface area is 138 Å². The molecule has 1 N–H and O–H groups in total. The number of hydrogen-bond acceptors (Lipinski definition) is 4. The van der Waals surface area contributed by atoms with Gasteiger partial charge in [0.25, 0.3) is 0 Å². The summed E-state index contributed by atoms with van der Waals surface area (Å²) >= 11 is 13.2. The summed E-state index contributed by atoms with van der Waals surface area (Å²) in [5.74, 6) is 0. The van der Waals surface area contributed by atoms with Crippen LogP contribution in [0.15, 0.2) is 23.2 Å². The van der Waals surface area contributed by atoms with Crippen molar-refractivity contribution in [2.45, 2.75) is 31.7 Å². The minimum absolute atomic E-state index is 0.00615. The third-order valence-corrected chi connectivity index (χ3v) is 6.13. The molecular formula is C13H14Cl2N2O2S2. The highest BCUT2D eigenvalue weighted by molar-refractivity contribution is 7.89. The SMILES string of the molecule is Cc1cc(C(C)NS(=O)(=O)c2cnc(Cl)c(Cl)c2)c(C)s1. The van der Waals surface area contributed by atoms with Crippen LogP contribution in [0.1, 0.15) is 28.3 Å². The number of nitrogens with zero attached hydrogens (tertiary/aromatic N) is 1. The first kappa shape index (κ1) is 16.7. The summed E-state index contributed by atoms with van der Waals surface area (Å²) in [6.45, 7) is 5.76. The van der Waals surface area contributed by atoms with Gasteiger partial charge >= 0.3 is 0 Å². The van der Waals surface area contributed by atoms with Crippen LogP contribution in [0.2, 0.25) is 10.2 Å². The molecule has 1 atom stereocenters. The molecule has 2 aromatic rings. The fraction of sp³-hybridized carbons (Fsp3) is 0.308. The number of hydrogen-bond donors (Lipinski definition) is 1. The first-order valence-electron chi connectivity index (χ1n) is 6.11. The third-order valence-electron chi connectivity index (χ3n) is 2.96. The van der Waals surface area contributed by atoms with Gasteiger partial charge in [-0.05, 0) is 38.5 Å². The Morgan fingerprint density at radius 2 is 1.95 bits per heavy atom. The molecule has 0 aliphatic carbocycles. The van der Waals surface area contributed by atoms with Crippen LogP contribution < -0.4 is 4.72 Å². The second-order valence-corrected chi connectivity index (χ2v) is 8.59. The van der Waals surface area contributed by atoms with Crippen molar-refractivity contribution in [1.82, 2.24) is 9.71 Å². The molecule has 0 saturated heterocycles. The summed E-state index contributed by atoms with van der Waals surface area (Å²) in [6.07, 6.45) is 1.19. The van der Waals surface area contributed by atoms with Crippen LogP contribution in [0.25, 0.3) is 0 Å². The molecule has 0 saturated carbocycles. The van der Waals surface area contributed by atoms with Gasteiger partial charge in [-0.15, -0.1) is 11.3 Å². The first-order valence-corrected chi connectivity index (χ1v) is 9.16. The Morgan fingerprint density at radius 3 is 2.48 bits per heavy atom. The van der Waals surface area contributed by atoms with E-state index in [0.717, 1.165) is 15.3 Å². The molecule has 0 bridgehead atoms. The van der Waals surface area contributed by atoms with Gasteiger partial charge in [-0.1, -0.05) is 23.2 Å². The molecule has 8 heteroatoms. The minimum Gasteiger partial charge on any atom is -0.242 e. The largest absolute Gasteiger partial charge is 0.242 e. The van der Waals surface area contributed by atoms with Crippen LogP contribution in [-0.2, 0) is 10.0 Å². The zero-order valence-electron chi connectivity index (χ0n) is 11.6. The Morgan fingerprint density at radius 1 is 1.29 bits per heavy atom. The maximum atomic E-state index is 12.3. The number of halogens is 2. The van der Waals surface area contributed by atoms with Gasteiger partial charge in [-0.3, -0.25) is 0 Å². The zero-order valence-corrected chi connectivity index (χ0v) is 14.8. The van der Waals surface area contributed by atoms with Gasteiger partial charge in [0.05, 0.1) is 5.02 Å². The monoisotopic (exact) mass is 364 g/mol. The summed E-state index contributed by atoms with van der Waals surface area (Å²) in [4.78, 5) is 5.99. The molecular weight excluding hydrogens is 351 g/mol. The molecule has 114 valence electrons. The fourth-order valence-electron chi connectivity index (χ4n) is 2.00. The van der Waals surface area contributed by atoms with Gasteiger partial charge in [0.15, 0.2) is 0 Å². The molecule has 21 heavy (non-hydrogen) atoms. The Balaban J connectivity index is 2.28. The lowest BCUT2D eigenvalue weighted by atomic mass is 10.1. The van der Waals surface area contributed by atoms with E-state index in [1.54, 1.807) is 18.3 Å². The second-order valence-electron chi connectivity index (χ2n) is 4.66. The molecule has 4 nitrogen and oxygen atoms in total. The van der Waals surface area contributed by atoms with E-state index in [0.29, 0.717) is 0 Å².